The summed E-state index contributed by atoms with van der Waals surface area (Å²) in [6.07, 6.45) is 1.77. The summed E-state index contributed by atoms with van der Waals surface area (Å²) in [4.78, 5) is 22.9. The van der Waals surface area contributed by atoms with E-state index in [4.69, 9.17) is 17.3 Å². The fourth-order valence-corrected chi connectivity index (χ4v) is 2.80. The van der Waals surface area contributed by atoms with Gasteiger partial charge in [0.2, 0.25) is 0 Å². The Morgan fingerprint density at radius 1 is 1.26 bits per heavy atom. The fraction of sp³-hybridized carbons (Fsp3) is 0.111. The minimum Gasteiger partial charge on any atom is -1.00 e. The van der Waals surface area contributed by atoms with Gasteiger partial charge in [-0.3, -0.25) is 20.6 Å². The zero-order chi connectivity index (χ0) is 18.8. The van der Waals surface area contributed by atoms with Gasteiger partial charge in [-0.05, 0) is 24.3 Å². The summed E-state index contributed by atoms with van der Waals surface area (Å²) in [5, 5.41) is 11.5. The molecule has 1 aromatic heterocycles. The van der Waals surface area contributed by atoms with Crippen molar-refractivity contribution in [2.45, 2.75) is 6.54 Å². The Labute approximate surface area is 170 Å². The van der Waals surface area contributed by atoms with Crippen molar-refractivity contribution in [3.63, 3.8) is 0 Å². The second-order valence-electron chi connectivity index (χ2n) is 5.80. The van der Waals surface area contributed by atoms with Crippen molar-refractivity contribution in [3.8, 4) is 11.3 Å². The number of benzene rings is 2. The molecule has 140 valence electrons. The molecule has 27 heavy (non-hydrogen) atoms. The lowest BCUT2D eigenvalue weighted by atomic mass is 10.1. The van der Waals surface area contributed by atoms with Crippen LogP contribution in [0.15, 0.2) is 54.7 Å². The van der Waals surface area contributed by atoms with Gasteiger partial charge in [-0.2, -0.15) is 0 Å². The van der Waals surface area contributed by atoms with Crippen molar-refractivity contribution in [2.75, 3.05) is 5.73 Å². The largest absolute Gasteiger partial charge is 1.00 e. The summed E-state index contributed by atoms with van der Waals surface area (Å²) in [7, 11) is 1.80. The predicted molar refractivity (Wildman–Crippen MR) is 97.9 cm³/mol. The number of hydrogen-bond donors (Lipinski definition) is 1. The minimum absolute atomic E-state index is 0. The number of aromatic nitrogens is 2. The molecule has 1 heterocycles. The van der Waals surface area contributed by atoms with Crippen LogP contribution < -0.4 is 27.3 Å². The number of carbonyl (C=O) groups excluding carboxylic acids is 1. The molecule has 3 rings (SSSR count). The van der Waals surface area contributed by atoms with Crippen molar-refractivity contribution >= 4 is 29.0 Å². The number of ketones is 1. The molecule has 3 aromatic rings. The van der Waals surface area contributed by atoms with Gasteiger partial charge in [0.05, 0.1) is 12.0 Å². The molecule has 7 nitrogen and oxygen atoms in total. The molecule has 2 aromatic carbocycles. The van der Waals surface area contributed by atoms with Gasteiger partial charge >= 0.3 is 5.95 Å². The Hall–Kier alpha value is -2.71. The second kappa shape index (κ2) is 8.32. The first-order valence-corrected chi connectivity index (χ1v) is 8.13. The van der Waals surface area contributed by atoms with Gasteiger partial charge in [0.25, 0.3) is 5.69 Å². The van der Waals surface area contributed by atoms with Crippen molar-refractivity contribution in [2.24, 2.45) is 7.05 Å². The molecule has 0 fully saturated rings. The SMILES string of the molecule is Cn1c(-c2ccc(Cl)cc2)c[n+](CC(=O)c2cccc([N+](=O)[O-])c2)c1N.[Br-]. The van der Waals surface area contributed by atoms with Crippen LogP contribution in [0, 0.1) is 10.1 Å². The quantitative estimate of drug-likeness (QED) is 0.256. The smallest absolute Gasteiger partial charge is 0.355 e. The number of nitrogens with two attached hydrogens (primary N) is 1. The average molecular weight is 452 g/mol. The second-order valence-corrected chi connectivity index (χ2v) is 6.23. The highest BCUT2D eigenvalue weighted by Gasteiger charge is 2.21. The number of carbonyl (C=O) groups is 1. The number of nitrogen functional groups attached to an aromatic ring is 1. The summed E-state index contributed by atoms with van der Waals surface area (Å²) in [6.45, 7) is -0.0194. The number of Topliss-reactive ketones (excluding diaryl/α,β-unsaturated/α-hetero) is 1. The molecular formula is C18H16BrClN4O3. The standard InChI is InChI=1S/C18H15ClN4O3.BrH/c1-21-16(12-5-7-14(19)8-6-12)10-22(18(21)20)11-17(24)13-3-2-4-15(9-13)23(25)26;/h2-10,20H,11H2,1H3;1H. The number of hydrogen-bond acceptors (Lipinski definition) is 4. The Morgan fingerprint density at radius 2 is 1.93 bits per heavy atom. The van der Waals surface area contributed by atoms with Crippen molar-refractivity contribution in [1.29, 1.82) is 0 Å². The summed E-state index contributed by atoms with van der Waals surface area (Å²) < 4.78 is 3.38. The first-order chi connectivity index (χ1) is 12.4. The number of nitro benzene ring substituents is 1. The normalized spacial score (nSPS) is 10.3. The van der Waals surface area contributed by atoms with Crippen LogP contribution in [-0.2, 0) is 13.6 Å². The Kier molecular flexibility index (Phi) is 6.35. The number of non-ortho nitro benzene ring substituents is 1. The van der Waals surface area contributed by atoms with Crippen LogP contribution in [0.1, 0.15) is 10.4 Å². The molecule has 0 radical (unpaired) electrons. The van der Waals surface area contributed by atoms with Crippen LogP contribution in [0.2, 0.25) is 5.02 Å². The van der Waals surface area contributed by atoms with Crippen molar-refractivity contribution in [1.82, 2.24) is 4.57 Å². The Balaban J connectivity index is 0.00000261. The molecule has 0 unspecified atom stereocenters. The maximum Gasteiger partial charge on any atom is 0.355 e. The highest BCUT2D eigenvalue weighted by Crippen LogP contribution is 2.22. The van der Waals surface area contributed by atoms with E-state index in [9.17, 15) is 14.9 Å². The molecule has 0 bridgehead atoms. The molecule has 0 saturated heterocycles. The maximum atomic E-state index is 12.5. The van der Waals surface area contributed by atoms with E-state index in [1.807, 2.05) is 12.1 Å². The lowest BCUT2D eigenvalue weighted by Crippen LogP contribution is -3.00. The molecule has 9 heteroatoms. The molecule has 0 aliphatic rings. The third kappa shape index (κ3) is 4.35. The highest BCUT2D eigenvalue weighted by molar-refractivity contribution is 6.30. The van der Waals surface area contributed by atoms with E-state index in [0.717, 1.165) is 11.3 Å². The third-order valence-corrected chi connectivity index (χ3v) is 4.36. The van der Waals surface area contributed by atoms with Gasteiger partial charge in [0.1, 0.15) is 18.4 Å². The van der Waals surface area contributed by atoms with E-state index in [0.29, 0.717) is 11.0 Å². The van der Waals surface area contributed by atoms with E-state index in [2.05, 4.69) is 0 Å². The Bertz CT molecular complexity index is 1000. The lowest BCUT2D eigenvalue weighted by molar-refractivity contribution is -0.667. The first-order valence-electron chi connectivity index (χ1n) is 7.75. The summed E-state index contributed by atoms with van der Waals surface area (Å²) in [6, 6.07) is 12.9. The first kappa shape index (κ1) is 20.6. The van der Waals surface area contributed by atoms with Crippen LogP contribution in [0.25, 0.3) is 11.3 Å². The number of imidazole rings is 1. The van der Waals surface area contributed by atoms with Crippen LogP contribution >= 0.6 is 11.6 Å². The van der Waals surface area contributed by atoms with Gasteiger partial charge < -0.3 is 17.0 Å². The van der Waals surface area contributed by atoms with E-state index in [1.54, 1.807) is 40.6 Å². The van der Waals surface area contributed by atoms with Gasteiger partial charge in [0, 0.05) is 28.3 Å². The summed E-state index contributed by atoms with van der Waals surface area (Å²) >= 11 is 5.92. The molecule has 0 aliphatic heterocycles. The highest BCUT2D eigenvalue weighted by atomic mass is 79.9. The van der Waals surface area contributed by atoms with Crippen LogP contribution in [0.4, 0.5) is 11.6 Å². The number of nitrogens with zero attached hydrogens (tertiary/aromatic N) is 3. The topological polar surface area (TPSA) is 95.0 Å². The van der Waals surface area contributed by atoms with Crippen LogP contribution in [0.3, 0.4) is 0 Å². The van der Waals surface area contributed by atoms with Crippen molar-refractivity contribution in [3.05, 3.63) is 75.4 Å². The van der Waals surface area contributed by atoms with Gasteiger partial charge in [-0.25, -0.2) is 9.13 Å². The zero-order valence-electron chi connectivity index (χ0n) is 14.3. The molecule has 2 N–H and O–H groups in total. The predicted octanol–water partition coefficient (Wildman–Crippen LogP) is 0.0103. The molecule has 0 saturated carbocycles. The summed E-state index contributed by atoms with van der Waals surface area (Å²) in [5.74, 6) is 0.132. The van der Waals surface area contributed by atoms with Gasteiger partial charge in [0.15, 0.2) is 5.78 Å². The van der Waals surface area contributed by atoms with E-state index in [-0.39, 0.29) is 40.6 Å². The molecular weight excluding hydrogens is 436 g/mol. The van der Waals surface area contributed by atoms with E-state index < -0.39 is 4.92 Å². The number of nitro groups is 1. The third-order valence-electron chi connectivity index (χ3n) is 4.11. The molecule has 0 aliphatic carbocycles. The number of halogens is 2. The van der Waals surface area contributed by atoms with E-state index in [1.165, 1.54) is 18.2 Å². The van der Waals surface area contributed by atoms with Crippen LogP contribution in [0.5, 0.6) is 0 Å². The average Bonchev–Trinajstić information content (AvgIpc) is 2.91. The monoisotopic (exact) mass is 450 g/mol. The molecule has 0 atom stereocenters. The maximum absolute atomic E-state index is 12.5. The van der Waals surface area contributed by atoms with Crippen LogP contribution in [-0.4, -0.2) is 15.3 Å². The Morgan fingerprint density at radius 3 is 2.56 bits per heavy atom. The lowest BCUT2D eigenvalue weighted by Gasteiger charge is -2.00. The molecule has 0 spiro atoms. The zero-order valence-corrected chi connectivity index (χ0v) is 16.6. The van der Waals surface area contributed by atoms with Crippen molar-refractivity contribution < 1.29 is 31.3 Å². The summed E-state index contributed by atoms with van der Waals surface area (Å²) in [5.41, 5.74) is 7.99. The fourth-order valence-electron chi connectivity index (χ4n) is 2.67. The van der Waals surface area contributed by atoms with Gasteiger partial charge in [-0.1, -0.05) is 23.7 Å². The number of rotatable bonds is 5. The molecule has 0 amide bonds. The van der Waals surface area contributed by atoms with Gasteiger partial charge in [-0.15, -0.1) is 0 Å². The van der Waals surface area contributed by atoms with E-state index >= 15 is 0 Å². The minimum atomic E-state index is -0.528. The number of anilines is 1.